The topological polar surface area (TPSA) is 119 Å². The molecule has 4 aromatic rings. The number of aromatic amines is 1. The van der Waals surface area contributed by atoms with Crippen LogP contribution in [0.2, 0.25) is 0 Å². The summed E-state index contributed by atoms with van der Waals surface area (Å²) in [7, 11) is 0. The van der Waals surface area contributed by atoms with Gasteiger partial charge in [-0.2, -0.15) is 5.10 Å². The van der Waals surface area contributed by atoms with Crippen LogP contribution in [0.25, 0.3) is 16.9 Å². The van der Waals surface area contributed by atoms with Gasteiger partial charge in [0.05, 0.1) is 11.4 Å². The van der Waals surface area contributed by atoms with Crippen molar-refractivity contribution in [2.45, 2.75) is 25.4 Å². The first-order valence-corrected chi connectivity index (χ1v) is 10.2. The molecule has 1 aromatic carbocycles. The van der Waals surface area contributed by atoms with Crippen LogP contribution in [0.5, 0.6) is 0 Å². The second kappa shape index (κ2) is 8.00. The molecule has 1 amide bonds. The predicted octanol–water partition coefficient (Wildman–Crippen LogP) is 1.73. The Hall–Kier alpha value is -3.27. The number of hydrogen-bond acceptors (Lipinski definition) is 6. The highest BCUT2D eigenvalue weighted by Gasteiger charge is 2.16. The highest BCUT2D eigenvalue weighted by Crippen LogP contribution is 2.19. The molecule has 29 heavy (non-hydrogen) atoms. The number of fused-ring (bicyclic) bond motifs is 1. The normalized spacial score (nSPS) is 11.2. The van der Waals surface area contributed by atoms with Crippen molar-refractivity contribution in [3.8, 4) is 5.95 Å². The molecule has 0 aliphatic rings. The van der Waals surface area contributed by atoms with E-state index >= 15 is 0 Å². The number of para-hydroxylation sites is 1. The summed E-state index contributed by atoms with van der Waals surface area (Å²) in [5.74, 6) is 6.64. The Morgan fingerprint density at radius 2 is 2.10 bits per heavy atom. The van der Waals surface area contributed by atoms with Gasteiger partial charge in [-0.25, -0.2) is 9.36 Å². The largest absolute Gasteiger partial charge is 0.361 e. The zero-order chi connectivity index (χ0) is 20.4. The number of H-pyrrole nitrogens is 1. The molecule has 0 radical (unpaired) electrons. The molecule has 4 rings (SSSR count). The highest BCUT2D eigenvalue weighted by molar-refractivity contribution is 7.99. The summed E-state index contributed by atoms with van der Waals surface area (Å²) in [6.07, 6.45) is 2.75. The van der Waals surface area contributed by atoms with E-state index in [-0.39, 0.29) is 11.7 Å². The zero-order valence-corrected chi connectivity index (χ0v) is 17.0. The lowest BCUT2D eigenvalue weighted by molar-refractivity contribution is -0.118. The molecule has 3 aromatic heterocycles. The first kappa shape index (κ1) is 19.1. The molecule has 10 heteroatoms. The van der Waals surface area contributed by atoms with Crippen molar-refractivity contribution in [3.63, 3.8) is 0 Å². The van der Waals surface area contributed by atoms with Crippen LogP contribution < -0.4 is 11.2 Å². The van der Waals surface area contributed by atoms with Crippen molar-refractivity contribution in [1.82, 2.24) is 35.0 Å². The lowest BCUT2D eigenvalue weighted by atomic mass is 10.1. The van der Waals surface area contributed by atoms with Crippen molar-refractivity contribution >= 4 is 28.6 Å². The molecular formula is C19H22N8OS. The molecule has 0 fully saturated rings. The standard InChI is InChI=1S/C19H22N8OS/c1-12-9-13(2)27(25-12)18-23-24-19(26(18)20)29-11-17(28)21-8-7-14-10-22-16-6-4-3-5-15(14)16/h3-6,9-10,22H,7-8,11,20H2,1-2H3,(H,21,28). The van der Waals surface area contributed by atoms with E-state index in [0.29, 0.717) is 17.6 Å². The summed E-state index contributed by atoms with van der Waals surface area (Å²) in [5, 5.41) is 17.1. The van der Waals surface area contributed by atoms with E-state index in [2.05, 4.69) is 31.7 Å². The molecular weight excluding hydrogens is 388 g/mol. The minimum atomic E-state index is -0.0782. The van der Waals surface area contributed by atoms with Crippen LogP contribution in [0.4, 0.5) is 0 Å². The summed E-state index contributed by atoms with van der Waals surface area (Å²) in [6.45, 7) is 4.38. The van der Waals surface area contributed by atoms with Gasteiger partial charge in [0.2, 0.25) is 11.1 Å². The number of aromatic nitrogens is 6. The van der Waals surface area contributed by atoms with Crippen LogP contribution in [0.15, 0.2) is 41.7 Å². The van der Waals surface area contributed by atoms with Crippen LogP contribution >= 0.6 is 11.8 Å². The number of nitrogens with zero attached hydrogens (tertiary/aromatic N) is 5. The number of carbonyl (C=O) groups is 1. The number of carbonyl (C=O) groups excluding carboxylic acids is 1. The smallest absolute Gasteiger partial charge is 0.271 e. The molecule has 0 bridgehead atoms. The third-order valence-corrected chi connectivity index (χ3v) is 5.51. The van der Waals surface area contributed by atoms with Gasteiger partial charge in [0, 0.05) is 29.3 Å². The van der Waals surface area contributed by atoms with Gasteiger partial charge in [-0.3, -0.25) is 4.79 Å². The van der Waals surface area contributed by atoms with E-state index < -0.39 is 0 Å². The molecule has 3 heterocycles. The van der Waals surface area contributed by atoms with E-state index in [1.54, 1.807) is 4.68 Å². The number of aryl methyl sites for hydroxylation is 2. The number of hydrogen-bond donors (Lipinski definition) is 3. The summed E-state index contributed by atoms with van der Waals surface area (Å²) < 4.78 is 2.98. The number of rotatable bonds is 7. The number of nitrogens with two attached hydrogens (primary N) is 1. The Kier molecular flexibility index (Phi) is 5.26. The molecule has 0 saturated carbocycles. The van der Waals surface area contributed by atoms with E-state index in [1.165, 1.54) is 27.4 Å². The molecule has 0 unspecified atom stereocenters. The van der Waals surface area contributed by atoms with E-state index in [0.717, 1.165) is 23.3 Å². The first-order chi connectivity index (χ1) is 14.0. The number of nitrogens with one attached hydrogen (secondary N) is 2. The molecule has 9 nitrogen and oxygen atoms in total. The highest BCUT2D eigenvalue weighted by atomic mass is 32.2. The van der Waals surface area contributed by atoms with Crippen LogP contribution in [-0.2, 0) is 11.2 Å². The fourth-order valence-electron chi connectivity index (χ4n) is 3.20. The van der Waals surface area contributed by atoms with Crippen LogP contribution in [0, 0.1) is 13.8 Å². The molecule has 0 atom stereocenters. The molecule has 4 N–H and O–H groups in total. The Labute approximate surface area is 171 Å². The Morgan fingerprint density at radius 1 is 1.28 bits per heavy atom. The lowest BCUT2D eigenvalue weighted by Crippen LogP contribution is -2.27. The predicted molar refractivity (Wildman–Crippen MR) is 113 cm³/mol. The van der Waals surface area contributed by atoms with E-state index in [1.807, 2.05) is 44.3 Å². The van der Waals surface area contributed by atoms with Gasteiger partial charge in [0.25, 0.3) is 5.95 Å². The monoisotopic (exact) mass is 410 g/mol. The van der Waals surface area contributed by atoms with Gasteiger partial charge in [0.1, 0.15) is 0 Å². The minimum Gasteiger partial charge on any atom is -0.361 e. The summed E-state index contributed by atoms with van der Waals surface area (Å²) in [5.41, 5.74) is 4.07. The van der Waals surface area contributed by atoms with Gasteiger partial charge in [-0.05, 0) is 38.0 Å². The van der Waals surface area contributed by atoms with Gasteiger partial charge < -0.3 is 16.1 Å². The van der Waals surface area contributed by atoms with Gasteiger partial charge >= 0.3 is 0 Å². The number of benzene rings is 1. The van der Waals surface area contributed by atoms with Crippen molar-refractivity contribution in [1.29, 1.82) is 0 Å². The quantitative estimate of drug-likeness (QED) is 0.315. The minimum absolute atomic E-state index is 0.0782. The van der Waals surface area contributed by atoms with Crippen molar-refractivity contribution in [2.24, 2.45) is 0 Å². The van der Waals surface area contributed by atoms with E-state index in [9.17, 15) is 4.79 Å². The maximum Gasteiger partial charge on any atom is 0.271 e. The lowest BCUT2D eigenvalue weighted by Gasteiger charge is -2.06. The fraction of sp³-hybridized carbons (Fsp3) is 0.263. The zero-order valence-electron chi connectivity index (χ0n) is 16.2. The Balaban J connectivity index is 1.30. The molecule has 150 valence electrons. The third-order valence-electron chi connectivity index (χ3n) is 4.57. The van der Waals surface area contributed by atoms with Gasteiger partial charge in [-0.1, -0.05) is 30.0 Å². The summed E-state index contributed by atoms with van der Waals surface area (Å²) in [6, 6.07) is 10.1. The molecule has 0 aliphatic heterocycles. The number of nitrogen functional groups attached to an aromatic ring is 1. The van der Waals surface area contributed by atoms with Crippen LogP contribution in [-0.4, -0.2) is 47.8 Å². The van der Waals surface area contributed by atoms with Crippen molar-refractivity contribution in [2.75, 3.05) is 18.1 Å². The third kappa shape index (κ3) is 3.97. The Bertz CT molecular complexity index is 1160. The first-order valence-electron chi connectivity index (χ1n) is 9.21. The maximum atomic E-state index is 12.2. The molecule has 0 spiro atoms. The maximum absolute atomic E-state index is 12.2. The van der Waals surface area contributed by atoms with Crippen LogP contribution in [0.3, 0.4) is 0 Å². The van der Waals surface area contributed by atoms with Gasteiger partial charge in [0.15, 0.2) is 0 Å². The van der Waals surface area contributed by atoms with Gasteiger partial charge in [-0.15, -0.1) is 10.2 Å². The Morgan fingerprint density at radius 3 is 2.90 bits per heavy atom. The number of amides is 1. The summed E-state index contributed by atoms with van der Waals surface area (Å²) in [4.78, 5) is 15.4. The SMILES string of the molecule is Cc1cc(C)n(-c2nnc(SCC(=O)NCCc3c[nH]c4ccccc34)n2N)n1. The average Bonchev–Trinajstić information content (AvgIpc) is 3.37. The second-order valence-electron chi connectivity index (χ2n) is 6.74. The molecule has 0 saturated heterocycles. The van der Waals surface area contributed by atoms with Crippen LogP contribution in [0.1, 0.15) is 17.0 Å². The van der Waals surface area contributed by atoms with Crippen molar-refractivity contribution in [3.05, 3.63) is 53.5 Å². The summed E-state index contributed by atoms with van der Waals surface area (Å²) >= 11 is 1.24. The molecule has 0 aliphatic carbocycles. The van der Waals surface area contributed by atoms with E-state index in [4.69, 9.17) is 5.84 Å². The number of thioether (sulfide) groups is 1. The average molecular weight is 411 g/mol. The van der Waals surface area contributed by atoms with Crippen molar-refractivity contribution < 1.29 is 4.79 Å². The fourth-order valence-corrected chi connectivity index (χ4v) is 3.88. The second-order valence-corrected chi connectivity index (χ2v) is 7.68.